The molecule has 0 saturated heterocycles. The second kappa shape index (κ2) is 4.34. The van der Waals surface area contributed by atoms with Gasteiger partial charge in [0.15, 0.2) is 0 Å². The Morgan fingerprint density at radius 3 is 2.41 bits per heavy atom. The van der Waals surface area contributed by atoms with E-state index in [1.807, 2.05) is 17.5 Å². The third-order valence-electron chi connectivity index (χ3n) is 3.13. The summed E-state index contributed by atoms with van der Waals surface area (Å²) in [5.74, 6) is 0.0535. The lowest BCUT2D eigenvalue weighted by Crippen LogP contribution is -2.34. The Labute approximate surface area is 104 Å². The van der Waals surface area contributed by atoms with Crippen LogP contribution in [0, 0.1) is 0 Å². The molecule has 0 unspecified atom stereocenters. The van der Waals surface area contributed by atoms with Gasteiger partial charge in [-0.25, -0.2) is 0 Å². The molecule has 0 spiro atoms. The first-order valence-corrected chi connectivity index (χ1v) is 6.62. The first kappa shape index (κ1) is 10.5. The lowest BCUT2D eigenvalue weighted by Gasteiger charge is -2.10. The number of fused-ring (bicyclic) bond motifs is 1. The SMILES string of the molecule is O=C(NC1Cc2ccccc2C1)c1cccs1. The van der Waals surface area contributed by atoms with Gasteiger partial charge < -0.3 is 5.32 Å². The zero-order chi connectivity index (χ0) is 11.7. The number of benzene rings is 1. The average Bonchev–Trinajstić information content (AvgIpc) is 2.97. The van der Waals surface area contributed by atoms with E-state index in [0.29, 0.717) is 0 Å². The normalized spacial score (nSPS) is 14.6. The molecule has 0 fully saturated rings. The fraction of sp³-hybridized carbons (Fsp3) is 0.214. The number of nitrogens with one attached hydrogen (secondary N) is 1. The number of hydrogen-bond acceptors (Lipinski definition) is 2. The van der Waals surface area contributed by atoms with Gasteiger partial charge in [-0.05, 0) is 35.4 Å². The van der Waals surface area contributed by atoms with E-state index in [1.54, 1.807) is 0 Å². The minimum Gasteiger partial charge on any atom is -0.348 e. The lowest BCUT2D eigenvalue weighted by molar-refractivity contribution is 0.0942. The van der Waals surface area contributed by atoms with Crippen LogP contribution in [-0.4, -0.2) is 11.9 Å². The first-order chi connectivity index (χ1) is 8.33. The molecule has 0 radical (unpaired) electrons. The van der Waals surface area contributed by atoms with Crippen LogP contribution in [0.15, 0.2) is 41.8 Å². The van der Waals surface area contributed by atoms with Crippen LogP contribution in [0.25, 0.3) is 0 Å². The zero-order valence-corrected chi connectivity index (χ0v) is 10.2. The molecule has 2 nitrogen and oxygen atoms in total. The number of carbonyl (C=O) groups is 1. The van der Waals surface area contributed by atoms with E-state index < -0.39 is 0 Å². The maximum absolute atomic E-state index is 11.9. The van der Waals surface area contributed by atoms with Gasteiger partial charge in [-0.2, -0.15) is 0 Å². The molecule has 17 heavy (non-hydrogen) atoms. The van der Waals surface area contributed by atoms with Crippen molar-refractivity contribution in [1.82, 2.24) is 5.32 Å². The molecule has 86 valence electrons. The number of carbonyl (C=O) groups excluding carboxylic acids is 1. The van der Waals surface area contributed by atoms with Gasteiger partial charge in [0.25, 0.3) is 5.91 Å². The van der Waals surface area contributed by atoms with Crippen molar-refractivity contribution in [3.63, 3.8) is 0 Å². The highest BCUT2D eigenvalue weighted by Crippen LogP contribution is 2.22. The molecule has 0 bridgehead atoms. The van der Waals surface area contributed by atoms with Crippen LogP contribution < -0.4 is 5.32 Å². The minimum atomic E-state index is 0.0535. The summed E-state index contributed by atoms with van der Waals surface area (Å²) >= 11 is 1.49. The van der Waals surface area contributed by atoms with Gasteiger partial charge in [-0.1, -0.05) is 30.3 Å². The van der Waals surface area contributed by atoms with Crippen LogP contribution in [-0.2, 0) is 12.8 Å². The predicted molar refractivity (Wildman–Crippen MR) is 69.4 cm³/mol. The molecule has 1 aromatic carbocycles. The summed E-state index contributed by atoms with van der Waals surface area (Å²) in [6.45, 7) is 0. The van der Waals surface area contributed by atoms with Crippen molar-refractivity contribution in [3.8, 4) is 0 Å². The van der Waals surface area contributed by atoms with Crippen LogP contribution in [0.1, 0.15) is 20.8 Å². The van der Waals surface area contributed by atoms with Crippen LogP contribution in [0.2, 0.25) is 0 Å². The molecule has 3 rings (SSSR count). The quantitative estimate of drug-likeness (QED) is 0.863. The zero-order valence-electron chi connectivity index (χ0n) is 9.35. The molecule has 1 aliphatic carbocycles. The van der Waals surface area contributed by atoms with Crippen LogP contribution in [0.4, 0.5) is 0 Å². The van der Waals surface area contributed by atoms with Gasteiger partial charge in [0, 0.05) is 6.04 Å². The van der Waals surface area contributed by atoms with E-state index in [0.717, 1.165) is 17.7 Å². The average molecular weight is 243 g/mol. The first-order valence-electron chi connectivity index (χ1n) is 5.74. The number of thiophene rings is 1. The fourth-order valence-electron chi connectivity index (χ4n) is 2.33. The Balaban J connectivity index is 1.68. The van der Waals surface area contributed by atoms with Gasteiger partial charge in [-0.15, -0.1) is 11.3 Å². The monoisotopic (exact) mass is 243 g/mol. The van der Waals surface area contributed by atoms with E-state index in [-0.39, 0.29) is 11.9 Å². The molecule has 0 aliphatic heterocycles. The Hall–Kier alpha value is -1.61. The van der Waals surface area contributed by atoms with Crippen molar-refractivity contribution in [2.75, 3.05) is 0 Å². The third kappa shape index (κ3) is 2.11. The number of rotatable bonds is 2. The lowest BCUT2D eigenvalue weighted by atomic mass is 10.1. The van der Waals surface area contributed by atoms with Crippen molar-refractivity contribution in [3.05, 3.63) is 57.8 Å². The predicted octanol–water partition coefficient (Wildman–Crippen LogP) is 2.65. The molecular formula is C14H13NOS. The minimum absolute atomic E-state index is 0.0535. The van der Waals surface area contributed by atoms with E-state index in [1.165, 1.54) is 22.5 Å². The highest BCUT2D eigenvalue weighted by atomic mass is 32.1. The van der Waals surface area contributed by atoms with Crippen LogP contribution >= 0.6 is 11.3 Å². The van der Waals surface area contributed by atoms with Crippen molar-refractivity contribution >= 4 is 17.2 Å². The molecule has 0 atom stereocenters. The van der Waals surface area contributed by atoms with Crippen molar-refractivity contribution in [1.29, 1.82) is 0 Å². The maximum Gasteiger partial charge on any atom is 0.261 e. The summed E-state index contributed by atoms with van der Waals surface area (Å²) in [4.78, 5) is 12.7. The smallest absolute Gasteiger partial charge is 0.261 e. The van der Waals surface area contributed by atoms with Gasteiger partial charge in [0.05, 0.1) is 4.88 Å². The molecule has 1 aliphatic rings. The van der Waals surface area contributed by atoms with E-state index in [9.17, 15) is 4.79 Å². The summed E-state index contributed by atoms with van der Waals surface area (Å²) in [7, 11) is 0. The Kier molecular flexibility index (Phi) is 2.69. The summed E-state index contributed by atoms with van der Waals surface area (Å²) < 4.78 is 0. The van der Waals surface area contributed by atoms with Crippen molar-refractivity contribution in [2.45, 2.75) is 18.9 Å². The summed E-state index contributed by atoms with van der Waals surface area (Å²) in [6, 6.07) is 12.4. The Morgan fingerprint density at radius 1 is 1.12 bits per heavy atom. The third-order valence-corrected chi connectivity index (χ3v) is 4.00. The van der Waals surface area contributed by atoms with Gasteiger partial charge in [-0.3, -0.25) is 4.79 Å². The number of hydrogen-bond donors (Lipinski definition) is 1. The topological polar surface area (TPSA) is 29.1 Å². The van der Waals surface area contributed by atoms with Gasteiger partial charge >= 0.3 is 0 Å². The molecule has 1 aromatic heterocycles. The summed E-state index contributed by atoms with van der Waals surface area (Å²) in [6.07, 6.45) is 1.90. The second-order valence-electron chi connectivity index (χ2n) is 4.32. The molecule has 0 saturated carbocycles. The van der Waals surface area contributed by atoms with Crippen molar-refractivity contribution < 1.29 is 4.79 Å². The molecule has 1 N–H and O–H groups in total. The summed E-state index contributed by atoms with van der Waals surface area (Å²) in [5.41, 5.74) is 2.73. The second-order valence-corrected chi connectivity index (χ2v) is 5.27. The summed E-state index contributed by atoms with van der Waals surface area (Å²) in [5, 5.41) is 5.03. The highest BCUT2D eigenvalue weighted by Gasteiger charge is 2.22. The van der Waals surface area contributed by atoms with E-state index in [4.69, 9.17) is 0 Å². The Bertz CT molecular complexity index is 508. The number of amides is 1. The standard InChI is InChI=1S/C14H13NOS/c16-14(13-6-3-7-17-13)15-12-8-10-4-1-2-5-11(10)9-12/h1-7,12H,8-9H2,(H,15,16). The molecule has 2 aromatic rings. The highest BCUT2D eigenvalue weighted by molar-refractivity contribution is 7.12. The van der Waals surface area contributed by atoms with E-state index >= 15 is 0 Å². The van der Waals surface area contributed by atoms with Crippen LogP contribution in [0.3, 0.4) is 0 Å². The molecular weight excluding hydrogens is 230 g/mol. The van der Waals surface area contributed by atoms with Crippen molar-refractivity contribution in [2.24, 2.45) is 0 Å². The molecule has 3 heteroatoms. The van der Waals surface area contributed by atoms with Gasteiger partial charge in [0.1, 0.15) is 0 Å². The maximum atomic E-state index is 11.9. The Morgan fingerprint density at radius 2 is 1.82 bits per heavy atom. The molecule has 1 heterocycles. The van der Waals surface area contributed by atoms with Crippen LogP contribution in [0.5, 0.6) is 0 Å². The van der Waals surface area contributed by atoms with Gasteiger partial charge in [0.2, 0.25) is 0 Å². The van der Waals surface area contributed by atoms with E-state index in [2.05, 4.69) is 29.6 Å². The largest absolute Gasteiger partial charge is 0.348 e. The molecule has 1 amide bonds. The fourth-order valence-corrected chi connectivity index (χ4v) is 2.95.